The molecule has 2 rings (SSSR count). The van der Waals surface area contributed by atoms with Crippen molar-refractivity contribution in [2.75, 3.05) is 5.84 Å². The van der Waals surface area contributed by atoms with Gasteiger partial charge in [0, 0.05) is 11.6 Å². The van der Waals surface area contributed by atoms with E-state index in [4.69, 9.17) is 10.9 Å². The van der Waals surface area contributed by atoms with Crippen molar-refractivity contribution in [2.45, 2.75) is 6.42 Å². The number of benzene rings is 1. The predicted octanol–water partition coefficient (Wildman–Crippen LogP) is -0.456. The van der Waals surface area contributed by atoms with Crippen molar-refractivity contribution < 1.29 is 9.90 Å². The molecule has 0 atom stereocenters. The van der Waals surface area contributed by atoms with Gasteiger partial charge in [-0.3, -0.25) is 14.6 Å². The lowest BCUT2D eigenvalue weighted by Crippen LogP contribution is -2.35. The van der Waals surface area contributed by atoms with Crippen LogP contribution >= 0.6 is 0 Å². The summed E-state index contributed by atoms with van der Waals surface area (Å²) in [5.74, 6) is 4.59. The lowest BCUT2D eigenvalue weighted by Gasteiger charge is -2.07. The molecule has 2 aromatic rings. The number of aromatic amines is 1. The molecule has 0 unspecified atom stereocenters. The van der Waals surface area contributed by atoms with Crippen molar-refractivity contribution in [1.29, 1.82) is 0 Å². The van der Waals surface area contributed by atoms with Gasteiger partial charge in [-0.05, 0) is 11.6 Å². The second kappa shape index (κ2) is 4.81. The minimum Gasteiger partial charge on any atom is -0.481 e. The van der Waals surface area contributed by atoms with Gasteiger partial charge >= 0.3 is 11.7 Å². The number of carboxylic acid groups (broad SMARTS) is 1. The van der Waals surface area contributed by atoms with E-state index < -0.39 is 17.2 Å². The van der Waals surface area contributed by atoms with Crippen LogP contribution < -0.4 is 17.1 Å². The average Bonchev–Trinajstić information content (AvgIpc) is 2.33. The number of hydrogen-bond acceptors (Lipinski definition) is 4. The predicted molar refractivity (Wildman–Crippen MR) is 68.2 cm³/mol. The average molecular weight is 261 g/mol. The smallest absolute Gasteiger partial charge is 0.347 e. The first-order valence-corrected chi connectivity index (χ1v) is 5.40. The summed E-state index contributed by atoms with van der Waals surface area (Å²) in [5, 5.41) is 8.74. The number of hydrogen-bond donors (Lipinski definition) is 3. The van der Waals surface area contributed by atoms with Gasteiger partial charge in [-0.25, -0.2) is 9.47 Å². The highest BCUT2D eigenvalue weighted by Crippen LogP contribution is 2.17. The van der Waals surface area contributed by atoms with E-state index >= 15 is 0 Å². The molecule has 0 spiro atoms. The molecule has 19 heavy (non-hydrogen) atoms. The van der Waals surface area contributed by atoms with E-state index in [1.807, 2.05) is 4.98 Å². The lowest BCUT2D eigenvalue weighted by atomic mass is 10.1. The highest BCUT2D eigenvalue weighted by molar-refractivity contribution is 5.71. The molecule has 0 aliphatic carbocycles. The molecule has 0 amide bonds. The Hall–Kier alpha value is -2.83. The maximum absolute atomic E-state index is 11.4. The Labute approximate surface area is 106 Å². The minimum absolute atomic E-state index is 0.147. The number of nitrogen functional groups attached to an aromatic ring is 1. The zero-order chi connectivity index (χ0) is 14.0. The van der Waals surface area contributed by atoms with Gasteiger partial charge in [0.1, 0.15) is 0 Å². The second-order valence-corrected chi connectivity index (χ2v) is 3.96. The summed E-state index contributed by atoms with van der Waals surface area (Å²) in [4.78, 5) is 35.4. The molecular formula is C12H11N3O4. The molecule has 0 radical (unpaired) electrons. The van der Waals surface area contributed by atoms with Gasteiger partial charge < -0.3 is 10.9 Å². The highest BCUT2D eigenvalue weighted by Gasteiger charge is 2.08. The summed E-state index contributed by atoms with van der Waals surface area (Å²) in [5.41, 5.74) is -0.0142. The van der Waals surface area contributed by atoms with Crippen molar-refractivity contribution in [3.05, 3.63) is 56.7 Å². The van der Waals surface area contributed by atoms with Crippen LogP contribution in [0.3, 0.4) is 0 Å². The molecule has 0 fully saturated rings. The van der Waals surface area contributed by atoms with Crippen LogP contribution in [0.2, 0.25) is 0 Å². The second-order valence-electron chi connectivity index (χ2n) is 3.96. The zero-order valence-electron chi connectivity index (χ0n) is 9.79. The van der Waals surface area contributed by atoms with Gasteiger partial charge in [0.2, 0.25) is 0 Å². The van der Waals surface area contributed by atoms with Crippen molar-refractivity contribution in [1.82, 2.24) is 9.66 Å². The van der Waals surface area contributed by atoms with E-state index in [9.17, 15) is 14.4 Å². The van der Waals surface area contributed by atoms with Crippen molar-refractivity contribution >= 4 is 5.97 Å². The number of nitrogens with zero attached hydrogens (tertiary/aromatic N) is 1. The zero-order valence-corrected chi connectivity index (χ0v) is 9.79. The fourth-order valence-corrected chi connectivity index (χ4v) is 1.74. The van der Waals surface area contributed by atoms with Crippen LogP contribution in [0.25, 0.3) is 11.3 Å². The molecule has 7 nitrogen and oxygen atoms in total. The first kappa shape index (κ1) is 12.6. The largest absolute Gasteiger partial charge is 0.481 e. The fourth-order valence-electron chi connectivity index (χ4n) is 1.74. The number of nitrogens with one attached hydrogen (secondary N) is 1. The molecule has 0 bridgehead atoms. The molecular weight excluding hydrogens is 250 g/mol. The summed E-state index contributed by atoms with van der Waals surface area (Å²) in [7, 11) is 0. The number of rotatable bonds is 3. The number of carboxylic acids is 1. The molecule has 0 aliphatic heterocycles. The van der Waals surface area contributed by atoms with E-state index in [2.05, 4.69) is 0 Å². The molecule has 1 aromatic heterocycles. The quantitative estimate of drug-likeness (QED) is 0.646. The van der Waals surface area contributed by atoms with E-state index in [1.165, 1.54) is 6.07 Å². The third-order valence-corrected chi connectivity index (χ3v) is 2.55. The Morgan fingerprint density at radius 1 is 1.32 bits per heavy atom. The van der Waals surface area contributed by atoms with E-state index in [1.54, 1.807) is 24.3 Å². The van der Waals surface area contributed by atoms with Crippen molar-refractivity contribution in [2.24, 2.45) is 0 Å². The van der Waals surface area contributed by atoms with Crippen LogP contribution in [-0.4, -0.2) is 20.7 Å². The maximum atomic E-state index is 11.4. The van der Waals surface area contributed by atoms with Crippen LogP contribution in [0.1, 0.15) is 5.56 Å². The Morgan fingerprint density at radius 2 is 2.05 bits per heavy atom. The number of aliphatic carboxylic acids is 1. The van der Waals surface area contributed by atoms with Gasteiger partial charge in [0.15, 0.2) is 0 Å². The summed E-state index contributed by atoms with van der Waals surface area (Å²) in [6, 6.07) is 7.68. The first-order valence-electron chi connectivity index (χ1n) is 5.40. The number of aromatic nitrogens is 2. The van der Waals surface area contributed by atoms with Crippen LogP contribution in [0, 0.1) is 0 Å². The molecule has 4 N–H and O–H groups in total. The van der Waals surface area contributed by atoms with E-state index in [0.717, 1.165) is 4.68 Å². The molecule has 0 saturated carbocycles. The lowest BCUT2D eigenvalue weighted by molar-refractivity contribution is -0.136. The summed E-state index contributed by atoms with van der Waals surface area (Å²) < 4.78 is 0.807. The Kier molecular flexibility index (Phi) is 3.19. The monoisotopic (exact) mass is 261 g/mol. The van der Waals surface area contributed by atoms with Gasteiger partial charge in [-0.2, -0.15) is 0 Å². The highest BCUT2D eigenvalue weighted by atomic mass is 16.4. The first-order chi connectivity index (χ1) is 8.97. The number of carbonyl (C=O) groups is 1. The molecule has 7 heteroatoms. The third-order valence-electron chi connectivity index (χ3n) is 2.55. The molecule has 1 heterocycles. The third kappa shape index (κ3) is 2.71. The summed E-state index contributed by atoms with van der Waals surface area (Å²) in [6.07, 6.45) is -0.147. The van der Waals surface area contributed by atoms with Gasteiger partial charge in [-0.15, -0.1) is 0 Å². The Bertz CT molecular complexity index is 745. The Morgan fingerprint density at radius 3 is 2.74 bits per heavy atom. The minimum atomic E-state index is -0.965. The van der Waals surface area contributed by atoms with Crippen LogP contribution in [0.15, 0.2) is 39.9 Å². The van der Waals surface area contributed by atoms with Gasteiger partial charge in [0.05, 0.1) is 12.1 Å². The van der Waals surface area contributed by atoms with E-state index in [-0.39, 0.29) is 12.1 Å². The van der Waals surface area contributed by atoms with Crippen LogP contribution in [-0.2, 0) is 11.2 Å². The number of H-pyrrole nitrogens is 1. The van der Waals surface area contributed by atoms with Crippen molar-refractivity contribution in [3.63, 3.8) is 0 Å². The number of nitrogens with two attached hydrogens (primary N) is 1. The summed E-state index contributed by atoms with van der Waals surface area (Å²) in [6.45, 7) is 0. The molecule has 0 aliphatic rings. The molecule has 0 saturated heterocycles. The van der Waals surface area contributed by atoms with E-state index in [0.29, 0.717) is 11.1 Å². The normalized spacial score (nSPS) is 10.3. The fraction of sp³-hybridized carbons (Fsp3) is 0.0833. The Balaban J connectivity index is 2.56. The molecule has 98 valence electrons. The molecule has 1 aromatic carbocycles. The van der Waals surface area contributed by atoms with Gasteiger partial charge in [0.25, 0.3) is 5.56 Å². The summed E-state index contributed by atoms with van der Waals surface area (Å²) >= 11 is 0. The van der Waals surface area contributed by atoms with Crippen molar-refractivity contribution in [3.8, 4) is 11.3 Å². The van der Waals surface area contributed by atoms with Crippen LogP contribution in [0.5, 0.6) is 0 Å². The van der Waals surface area contributed by atoms with Crippen LogP contribution in [0.4, 0.5) is 0 Å². The topological polar surface area (TPSA) is 118 Å². The van der Waals surface area contributed by atoms with Gasteiger partial charge in [-0.1, -0.05) is 18.2 Å². The SMILES string of the molecule is Nn1c(-c2cccc(CC(=O)O)c2)cc(=O)[nH]c1=O. The maximum Gasteiger partial charge on any atom is 0.347 e. The standard InChI is InChI=1S/C12H11N3O4/c13-15-9(6-10(16)14-12(15)19)8-3-1-2-7(4-8)5-11(17)18/h1-4,6H,5,13H2,(H,17,18)(H,14,16,19).